The number of halogens is 1. The van der Waals surface area contributed by atoms with Crippen LogP contribution in [0.2, 0.25) is 0 Å². The van der Waals surface area contributed by atoms with E-state index in [2.05, 4.69) is 10.1 Å². The summed E-state index contributed by atoms with van der Waals surface area (Å²) in [6, 6.07) is 12.3. The molecule has 0 aliphatic carbocycles. The molecule has 0 saturated carbocycles. The van der Waals surface area contributed by atoms with Crippen molar-refractivity contribution in [3.8, 4) is 17.1 Å². The van der Waals surface area contributed by atoms with Gasteiger partial charge < -0.3 is 14.2 Å². The number of hydrogen-bond acceptors (Lipinski definition) is 6. The topological polar surface area (TPSA) is 68.5 Å². The second-order valence-corrected chi connectivity index (χ2v) is 7.29. The van der Waals surface area contributed by atoms with Crippen molar-refractivity contribution in [1.29, 1.82) is 0 Å². The second-order valence-electron chi connectivity index (χ2n) is 6.41. The molecule has 0 spiro atoms. The van der Waals surface area contributed by atoms with Crippen molar-refractivity contribution in [2.45, 2.75) is 17.2 Å². The van der Waals surface area contributed by atoms with E-state index >= 15 is 0 Å². The van der Waals surface area contributed by atoms with Crippen molar-refractivity contribution >= 4 is 23.4 Å². The average Bonchev–Trinajstić information content (AvgIpc) is 3.35. The summed E-state index contributed by atoms with van der Waals surface area (Å²) in [5.74, 6) is 0.128. The molecule has 3 aromatic rings. The molecule has 0 N–H and O–H groups in total. The van der Waals surface area contributed by atoms with Gasteiger partial charge in [0.15, 0.2) is 11.6 Å². The Labute approximate surface area is 165 Å². The number of ether oxygens (including phenoxy) is 1. The van der Waals surface area contributed by atoms with Crippen LogP contribution < -0.4 is 9.64 Å². The van der Waals surface area contributed by atoms with Gasteiger partial charge in [0.2, 0.25) is 17.6 Å². The number of benzene rings is 2. The lowest BCUT2D eigenvalue weighted by Crippen LogP contribution is -2.24. The molecule has 144 valence electrons. The lowest BCUT2D eigenvalue weighted by molar-refractivity contribution is -0.117. The SMILES string of the molecule is COc1ccc(-c2noc(C3CC(=O)N(c4ccc(SC)cc4)C3)n2)cc1F. The van der Waals surface area contributed by atoms with E-state index in [9.17, 15) is 9.18 Å². The van der Waals surface area contributed by atoms with E-state index in [-0.39, 0.29) is 23.4 Å². The summed E-state index contributed by atoms with van der Waals surface area (Å²) in [6.07, 6.45) is 2.30. The molecule has 1 atom stereocenters. The Morgan fingerprint density at radius 1 is 1.25 bits per heavy atom. The maximum atomic E-state index is 13.9. The first-order valence-corrected chi connectivity index (χ1v) is 9.93. The van der Waals surface area contributed by atoms with Crippen LogP contribution in [-0.4, -0.2) is 36.0 Å². The molecule has 1 saturated heterocycles. The third-order valence-corrected chi connectivity index (χ3v) is 5.45. The molecule has 1 aliphatic heterocycles. The fourth-order valence-corrected chi connectivity index (χ4v) is 3.62. The number of carbonyl (C=O) groups excluding carboxylic acids is 1. The van der Waals surface area contributed by atoms with E-state index in [0.717, 1.165) is 10.6 Å². The summed E-state index contributed by atoms with van der Waals surface area (Å²) in [6.45, 7) is 0.468. The number of aromatic nitrogens is 2. The summed E-state index contributed by atoms with van der Waals surface area (Å²) in [5.41, 5.74) is 1.34. The minimum atomic E-state index is -0.498. The quantitative estimate of drug-likeness (QED) is 0.601. The fraction of sp³-hybridized carbons (Fsp3) is 0.250. The Hall–Kier alpha value is -2.87. The fourth-order valence-electron chi connectivity index (χ4n) is 3.21. The van der Waals surface area contributed by atoms with Crippen molar-refractivity contribution < 1.29 is 18.4 Å². The molecule has 2 aromatic carbocycles. The second kappa shape index (κ2) is 7.63. The van der Waals surface area contributed by atoms with E-state index in [0.29, 0.717) is 24.4 Å². The van der Waals surface area contributed by atoms with Gasteiger partial charge in [0, 0.05) is 29.1 Å². The molecule has 1 amide bonds. The Bertz CT molecular complexity index is 1010. The van der Waals surface area contributed by atoms with E-state index in [1.54, 1.807) is 22.7 Å². The van der Waals surface area contributed by atoms with E-state index in [4.69, 9.17) is 9.26 Å². The highest BCUT2D eigenvalue weighted by Crippen LogP contribution is 2.33. The highest BCUT2D eigenvalue weighted by molar-refractivity contribution is 7.98. The zero-order chi connectivity index (χ0) is 19.7. The monoisotopic (exact) mass is 399 g/mol. The average molecular weight is 399 g/mol. The number of rotatable bonds is 5. The molecular formula is C20H18FN3O3S. The molecule has 6 nitrogen and oxygen atoms in total. The third kappa shape index (κ3) is 3.47. The molecule has 2 heterocycles. The predicted octanol–water partition coefficient (Wildman–Crippen LogP) is 4.13. The van der Waals surface area contributed by atoms with Crippen LogP contribution in [0.3, 0.4) is 0 Å². The first kappa shape index (κ1) is 18.5. The van der Waals surface area contributed by atoms with E-state index in [1.807, 2.05) is 30.5 Å². The third-order valence-electron chi connectivity index (χ3n) is 4.71. The van der Waals surface area contributed by atoms with Gasteiger partial charge in [-0.1, -0.05) is 5.16 Å². The van der Waals surface area contributed by atoms with Crippen molar-refractivity contribution in [3.05, 3.63) is 54.2 Å². The number of methoxy groups -OCH3 is 1. The van der Waals surface area contributed by atoms with Crippen molar-refractivity contribution in [2.24, 2.45) is 0 Å². The Morgan fingerprint density at radius 2 is 2.04 bits per heavy atom. The van der Waals surface area contributed by atoms with Gasteiger partial charge in [-0.2, -0.15) is 4.98 Å². The van der Waals surface area contributed by atoms with Crippen LogP contribution in [-0.2, 0) is 4.79 Å². The Balaban J connectivity index is 1.52. The standard InChI is InChI=1S/C20H18FN3O3S/c1-26-17-8-3-12(9-16(17)21)19-22-20(27-23-19)13-10-18(25)24(11-13)14-4-6-15(28-2)7-5-14/h3-9,13H,10-11H2,1-2H3. The van der Waals surface area contributed by atoms with Gasteiger partial charge in [-0.25, -0.2) is 4.39 Å². The molecule has 8 heteroatoms. The van der Waals surface area contributed by atoms with E-state index in [1.165, 1.54) is 19.2 Å². The minimum Gasteiger partial charge on any atom is -0.494 e. The molecule has 1 fully saturated rings. The highest BCUT2D eigenvalue weighted by atomic mass is 32.2. The van der Waals surface area contributed by atoms with Crippen LogP contribution in [0.25, 0.3) is 11.4 Å². The van der Waals surface area contributed by atoms with Crippen LogP contribution in [0.15, 0.2) is 51.9 Å². The van der Waals surface area contributed by atoms with Crippen LogP contribution in [0, 0.1) is 5.82 Å². The summed E-state index contributed by atoms with van der Waals surface area (Å²) in [4.78, 5) is 19.7. The maximum Gasteiger partial charge on any atom is 0.232 e. The molecule has 28 heavy (non-hydrogen) atoms. The maximum absolute atomic E-state index is 13.9. The number of amides is 1. The first-order valence-electron chi connectivity index (χ1n) is 8.71. The van der Waals surface area contributed by atoms with E-state index < -0.39 is 5.82 Å². The van der Waals surface area contributed by atoms with Crippen LogP contribution in [0.5, 0.6) is 5.75 Å². The normalized spacial score (nSPS) is 16.6. The lowest BCUT2D eigenvalue weighted by Gasteiger charge is -2.16. The van der Waals surface area contributed by atoms with Crippen LogP contribution >= 0.6 is 11.8 Å². The predicted molar refractivity (Wildman–Crippen MR) is 104 cm³/mol. The largest absolute Gasteiger partial charge is 0.494 e. The van der Waals surface area contributed by atoms with Gasteiger partial charge in [0.25, 0.3) is 0 Å². The molecule has 1 aromatic heterocycles. The zero-order valence-corrected chi connectivity index (χ0v) is 16.2. The molecule has 1 aliphatic rings. The van der Waals surface area contributed by atoms with Gasteiger partial charge in [-0.15, -0.1) is 11.8 Å². The smallest absolute Gasteiger partial charge is 0.232 e. The highest BCUT2D eigenvalue weighted by Gasteiger charge is 2.35. The number of thioether (sulfide) groups is 1. The van der Waals surface area contributed by atoms with Gasteiger partial charge in [-0.05, 0) is 48.7 Å². The van der Waals surface area contributed by atoms with Gasteiger partial charge >= 0.3 is 0 Å². The molecule has 1 unspecified atom stereocenters. The van der Waals surface area contributed by atoms with Crippen molar-refractivity contribution in [3.63, 3.8) is 0 Å². The minimum absolute atomic E-state index is 0.0112. The lowest BCUT2D eigenvalue weighted by atomic mass is 10.1. The summed E-state index contributed by atoms with van der Waals surface area (Å²) in [5, 5.41) is 3.95. The van der Waals surface area contributed by atoms with Gasteiger partial charge in [0.1, 0.15) is 0 Å². The number of nitrogens with zero attached hydrogens (tertiary/aromatic N) is 3. The van der Waals surface area contributed by atoms with Crippen LogP contribution in [0.4, 0.5) is 10.1 Å². The van der Waals surface area contributed by atoms with Gasteiger partial charge in [-0.3, -0.25) is 4.79 Å². The van der Waals surface area contributed by atoms with Crippen LogP contribution in [0.1, 0.15) is 18.2 Å². The van der Waals surface area contributed by atoms with Gasteiger partial charge in [0.05, 0.1) is 13.0 Å². The van der Waals surface area contributed by atoms with Crippen molar-refractivity contribution in [1.82, 2.24) is 10.1 Å². The molecular weight excluding hydrogens is 381 g/mol. The van der Waals surface area contributed by atoms with Crippen molar-refractivity contribution in [2.75, 3.05) is 24.8 Å². The number of carbonyl (C=O) groups is 1. The zero-order valence-electron chi connectivity index (χ0n) is 15.4. The summed E-state index contributed by atoms with van der Waals surface area (Å²) >= 11 is 1.65. The first-order chi connectivity index (χ1) is 13.6. The molecule has 4 rings (SSSR count). The summed E-state index contributed by atoms with van der Waals surface area (Å²) in [7, 11) is 1.40. The Kier molecular flexibility index (Phi) is 5.04. The Morgan fingerprint density at radius 3 is 2.71 bits per heavy atom. The summed E-state index contributed by atoms with van der Waals surface area (Å²) < 4.78 is 24.2. The number of anilines is 1. The molecule has 0 radical (unpaired) electrons. The number of hydrogen-bond donors (Lipinski definition) is 0. The molecule has 0 bridgehead atoms.